The van der Waals surface area contributed by atoms with E-state index in [0.717, 1.165) is 0 Å². The van der Waals surface area contributed by atoms with Crippen molar-refractivity contribution in [3.05, 3.63) is 62.7 Å². The summed E-state index contributed by atoms with van der Waals surface area (Å²) in [5.41, 5.74) is 0.760. The minimum atomic E-state index is -0.660. The normalized spacial score (nSPS) is 10.5. The van der Waals surface area contributed by atoms with Crippen molar-refractivity contribution >= 4 is 40.5 Å². The van der Waals surface area contributed by atoms with Gasteiger partial charge >= 0.3 is 5.97 Å². The van der Waals surface area contributed by atoms with Gasteiger partial charge in [-0.2, -0.15) is 0 Å². The zero-order valence-corrected chi connectivity index (χ0v) is 16.4. The highest BCUT2D eigenvalue weighted by atomic mass is 35.5. The topological polar surface area (TPSA) is 111 Å². The molecule has 0 atom stereocenters. The van der Waals surface area contributed by atoms with Crippen LogP contribution in [0.5, 0.6) is 0 Å². The fraction of sp³-hybridized carbons (Fsp3) is 0.263. The highest BCUT2D eigenvalue weighted by molar-refractivity contribution is 6.36. The van der Waals surface area contributed by atoms with Crippen LogP contribution in [0.4, 0.5) is 17.1 Å². The summed E-state index contributed by atoms with van der Waals surface area (Å²) in [5.74, 6) is -0.849. The molecule has 28 heavy (non-hydrogen) atoms. The van der Waals surface area contributed by atoms with Gasteiger partial charge in [-0.15, -0.1) is 0 Å². The van der Waals surface area contributed by atoms with E-state index in [-0.39, 0.29) is 21.8 Å². The third kappa shape index (κ3) is 4.98. The largest absolute Gasteiger partial charge is 0.465 e. The predicted octanol–water partition coefficient (Wildman–Crippen LogP) is 4.36. The van der Waals surface area contributed by atoms with Gasteiger partial charge in [0.15, 0.2) is 0 Å². The molecule has 0 saturated heterocycles. The fourth-order valence-electron chi connectivity index (χ4n) is 2.39. The molecule has 0 heterocycles. The van der Waals surface area contributed by atoms with E-state index in [9.17, 15) is 19.7 Å². The number of hydrogen-bond donors (Lipinski definition) is 2. The highest BCUT2D eigenvalue weighted by Gasteiger charge is 2.21. The van der Waals surface area contributed by atoms with Crippen molar-refractivity contribution < 1.29 is 19.2 Å². The van der Waals surface area contributed by atoms with E-state index in [2.05, 4.69) is 10.6 Å². The molecule has 9 heteroatoms. The number of halogens is 1. The number of ether oxygens (including phenoxy) is 1. The highest BCUT2D eigenvalue weighted by Crippen LogP contribution is 2.30. The van der Waals surface area contributed by atoms with E-state index < -0.39 is 16.8 Å². The first-order valence-corrected chi connectivity index (χ1v) is 8.82. The van der Waals surface area contributed by atoms with Crippen molar-refractivity contribution in [2.75, 3.05) is 24.3 Å². The molecule has 2 aromatic rings. The van der Waals surface area contributed by atoms with Crippen LogP contribution >= 0.6 is 11.6 Å². The summed E-state index contributed by atoms with van der Waals surface area (Å²) in [4.78, 5) is 34.9. The molecular weight excluding hydrogens is 386 g/mol. The zero-order valence-electron chi connectivity index (χ0n) is 15.6. The molecule has 0 aliphatic carbocycles. The molecule has 8 nitrogen and oxygen atoms in total. The van der Waals surface area contributed by atoms with Gasteiger partial charge in [0.2, 0.25) is 0 Å². The summed E-state index contributed by atoms with van der Waals surface area (Å²) < 4.78 is 4.71. The van der Waals surface area contributed by atoms with E-state index in [1.165, 1.54) is 31.4 Å². The molecule has 0 saturated carbocycles. The van der Waals surface area contributed by atoms with Crippen LogP contribution < -0.4 is 10.6 Å². The summed E-state index contributed by atoms with van der Waals surface area (Å²) in [7, 11) is 1.26. The number of carbonyl (C=O) groups is 2. The van der Waals surface area contributed by atoms with Gasteiger partial charge in [0.1, 0.15) is 5.02 Å². The van der Waals surface area contributed by atoms with Crippen LogP contribution in [0.15, 0.2) is 36.4 Å². The van der Waals surface area contributed by atoms with E-state index in [4.69, 9.17) is 16.3 Å². The first-order chi connectivity index (χ1) is 13.2. The number of nitrogens with one attached hydrogen (secondary N) is 2. The second-order valence-electron chi connectivity index (χ2n) is 6.38. The van der Waals surface area contributed by atoms with Crippen molar-refractivity contribution in [1.29, 1.82) is 0 Å². The van der Waals surface area contributed by atoms with Crippen LogP contribution in [-0.4, -0.2) is 30.5 Å². The number of anilines is 2. The Balaban J connectivity index is 2.39. The number of nitrogens with zero attached hydrogens (tertiary/aromatic N) is 1. The Labute approximate surface area is 167 Å². The van der Waals surface area contributed by atoms with Gasteiger partial charge in [-0.3, -0.25) is 14.9 Å². The van der Waals surface area contributed by atoms with Crippen LogP contribution in [0.3, 0.4) is 0 Å². The van der Waals surface area contributed by atoms with E-state index in [1.807, 2.05) is 13.8 Å². The predicted molar refractivity (Wildman–Crippen MR) is 107 cm³/mol. The molecule has 0 aliphatic heterocycles. The maximum Gasteiger partial charge on any atom is 0.337 e. The number of rotatable bonds is 7. The Bertz CT molecular complexity index is 914. The first kappa shape index (κ1) is 21.2. The molecule has 0 radical (unpaired) electrons. The minimum Gasteiger partial charge on any atom is -0.465 e. The fourth-order valence-corrected chi connectivity index (χ4v) is 2.67. The summed E-state index contributed by atoms with van der Waals surface area (Å²) in [6, 6.07) is 8.67. The molecule has 1 amide bonds. The number of hydrogen-bond acceptors (Lipinski definition) is 6. The SMILES string of the molecule is COC(=O)c1ccc(NCC(C)C)c(NC(=O)c2cccc([N+](=O)[O-])c2Cl)c1. The van der Waals surface area contributed by atoms with Crippen molar-refractivity contribution in [3.63, 3.8) is 0 Å². The van der Waals surface area contributed by atoms with Crippen molar-refractivity contribution in [2.45, 2.75) is 13.8 Å². The Kier molecular flexibility index (Phi) is 6.94. The maximum atomic E-state index is 12.7. The van der Waals surface area contributed by atoms with Crippen molar-refractivity contribution in [3.8, 4) is 0 Å². The average Bonchev–Trinajstić information content (AvgIpc) is 2.65. The number of amides is 1. The quantitative estimate of drug-likeness (QED) is 0.402. The number of carbonyl (C=O) groups excluding carboxylic acids is 2. The van der Waals surface area contributed by atoms with Gasteiger partial charge in [0, 0.05) is 12.6 Å². The van der Waals surface area contributed by atoms with E-state index >= 15 is 0 Å². The lowest BCUT2D eigenvalue weighted by Gasteiger charge is -2.16. The van der Waals surface area contributed by atoms with Crippen molar-refractivity contribution in [2.24, 2.45) is 5.92 Å². The lowest BCUT2D eigenvalue weighted by molar-refractivity contribution is -0.384. The number of esters is 1. The molecule has 0 aromatic heterocycles. The number of methoxy groups -OCH3 is 1. The smallest absolute Gasteiger partial charge is 0.337 e. The molecule has 2 aromatic carbocycles. The Morgan fingerprint density at radius 1 is 1.21 bits per heavy atom. The van der Waals surface area contributed by atoms with Crippen LogP contribution in [0, 0.1) is 16.0 Å². The number of benzene rings is 2. The van der Waals surface area contributed by atoms with Gasteiger partial charge in [-0.1, -0.05) is 31.5 Å². The molecular formula is C19H20ClN3O5. The molecule has 148 valence electrons. The molecule has 0 fully saturated rings. The lowest BCUT2D eigenvalue weighted by Crippen LogP contribution is -2.17. The van der Waals surface area contributed by atoms with E-state index in [1.54, 1.807) is 12.1 Å². The summed E-state index contributed by atoms with van der Waals surface area (Å²) >= 11 is 6.02. The third-order valence-electron chi connectivity index (χ3n) is 3.81. The van der Waals surface area contributed by atoms with Gasteiger partial charge in [-0.25, -0.2) is 4.79 Å². The molecule has 2 rings (SSSR count). The molecule has 0 unspecified atom stereocenters. The zero-order chi connectivity index (χ0) is 20.8. The van der Waals surface area contributed by atoms with Gasteiger partial charge in [-0.05, 0) is 30.2 Å². The monoisotopic (exact) mass is 405 g/mol. The van der Waals surface area contributed by atoms with Gasteiger partial charge in [0.25, 0.3) is 11.6 Å². The van der Waals surface area contributed by atoms with Crippen LogP contribution in [0.25, 0.3) is 0 Å². The third-order valence-corrected chi connectivity index (χ3v) is 4.21. The summed E-state index contributed by atoms with van der Waals surface area (Å²) in [6.07, 6.45) is 0. The lowest BCUT2D eigenvalue weighted by atomic mass is 10.1. The first-order valence-electron chi connectivity index (χ1n) is 8.45. The Hall–Kier alpha value is -3.13. The Morgan fingerprint density at radius 2 is 1.93 bits per heavy atom. The second-order valence-corrected chi connectivity index (χ2v) is 6.75. The average molecular weight is 406 g/mol. The second kappa shape index (κ2) is 9.18. The maximum absolute atomic E-state index is 12.7. The van der Waals surface area contributed by atoms with Crippen LogP contribution in [0.2, 0.25) is 5.02 Å². The molecule has 0 aliphatic rings. The molecule has 0 spiro atoms. The van der Waals surface area contributed by atoms with Crippen LogP contribution in [0.1, 0.15) is 34.6 Å². The van der Waals surface area contributed by atoms with Gasteiger partial charge < -0.3 is 15.4 Å². The van der Waals surface area contributed by atoms with E-state index in [0.29, 0.717) is 23.8 Å². The summed E-state index contributed by atoms with van der Waals surface area (Å²) in [6.45, 7) is 4.69. The Morgan fingerprint density at radius 3 is 2.54 bits per heavy atom. The van der Waals surface area contributed by atoms with Gasteiger partial charge in [0.05, 0.1) is 34.5 Å². The summed E-state index contributed by atoms with van der Waals surface area (Å²) in [5, 5.41) is 16.6. The minimum absolute atomic E-state index is 0.0471. The number of nitro groups is 1. The number of nitro benzene ring substituents is 1. The molecule has 2 N–H and O–H groups in total. The standard InChI is InChI=1S/C19H20ClN3O5/c1-11(2)10-21-14-8-7-12(19(25)28-3)9-15(14)22-18(24)13-5-4-6-16(17(13)20)23(26)27/h4-9,11,21H,10H2,1-3H3,(H,22,24). The molecule has 0 bridgehead atoms. The van der Waals surface area contributed by atoms with Crippen molar-refractivity contribution in [1.82, 2.24) is 0 Å². The van der Waals surface area contributed by atoms with Crippen LogP contribution in [-0.2, 0) is 4.74 Å².